The van der Waals surface area contributed by atoms with Crippen molar-refractivity contribution in [3.05, 3.63) is 88.9 Å². The molecule has 0 atom stereocenters. The van der Waals surface area contributed by atoms with E-state index in [1.807, 2.05) is 66.7 Å². The lowest BCUT2D eigenvalue weighted by atomic mass is 10.0. The second-order valence-corrected chi connectivity index (χ2v) is 8.62. The molecular weight excluding hydrogens is 392 g/mol. The molecule has 0 unspecified atom stereocenters. The summed E-state index contributed by atoms with van der Waals surface area (Å²) in [4.78, 5) is 16.9. The van der Waals surface area contributed by atoms with Crippen molar-refractivity contribution in [1.82, 2.24) is 4.98 Å². The van der Waals surface area contributed by atoms with E-state index in [1.54, 1.807) is 11.3 Å². The number of benzene rings is 3. The number of ether oxygens (including phenoxy) is 1. The normalized spacial score (nSPS) is 11.0. The van der Waals surface area contributed by atoms with Crippen LogP contribution in [0.25, 0.3) is 10.2 Å². The van der Waals surface area contributed by atoms with Gasteiger partial charge in [-0.2, -0.15) is 0 Å². The molecule has 0 radical (unpaired) electrons. The minimum absolute atomic E-state index is 0.0194. The highest BCUT2D eigenvalue weighted by Crippen LogP contribution is 2.24. The Morgan fingerprint density at radius 2 is 1.73 bits per heavy atom. The van der Waals surface area contributed by atoms with Crippen LogP contribution in [0.15, 0.2) is 72.8 Å². The van der Waals surface area contributed by atoms with E-state index in [2.05, 4.69) is 30.2 Å². The molecule has 30 heavy (non-hydrogen) atoms. The van der Waals surface area contributed by atoms with E-state index in [-0.39, 0.29) is 12.5 Å². The van der Waals surface area contributed by atoms with E-state index < -0.39 is 0 Å². The fourth-order valence-electron chi connectivity index (χ4n) is 3.17. The zero-order valence-electron chi connectivity index (χ0n) is 17.1. The summed E-state index contributed by atoms with van der Waals surface area (Å²) < 4.78 is 6.79. The first-order chi connectivity index (χ1) is 14.6. The SMILES string of the molecule is CC(C)c1ccc(OCC(=O)Nc2ccc(Cc3nc4ccccc4s3)cc2)cc1. The van der Waals surface area contributed by atoms with Crippen molar-refractivity contribution in [3.8, 4) is 5.75 Å². The largest absolute Gasteiger partial charge is 0.484 e. The molecule has 0 saturated carbocycles. The molecule has 0 spiro atoms. The van der Waals surface area contributed by atoms with Gasteiger partial charge >= 0.3 is 0 Å². The summed E-state index contributed by atoms with van der Waals surface area (Å²) in [5, 5.41) is 3.97. The van der Waals surface area contributed by atoms with Crippen LogP contribution in [0.4, 0.5) is 5.69 Å². The van der Waals surface area contributed by atoms with Crippen molar-refractivity contribution >= 4 is 33.1 Å². The van der Waals surface area contributed by atoms with Gasteiger partial charge < -0.3 is 10.1 Å². The van der Waals surface area contributed by atoms with E-state index in [1.165, 1.54) is 10.3 Å². The smallest absolute Gasteiger partial charge is 0.262 e. The third-order valence-corrected chi connectivity index (χ3v) is 5.88. The number of para-hydroxylation sites is 1. The summed E-state index contributed by atoms with van der Waals surface area (Å²) >= 11 is 1.72. The molecule has 1 N–H and O–H groups in total. The fraction of sp³-hybridized carbons (Fsp3) is 0.200. The zero-order valence-corrected chi connectivity index (χ0v) is 17.9. The van der Waals surface area contributed by atoms with Gasteiger partial charge in [-0.25, -0.2) is 4.98 Å². The highest BCUT2D eigenvalue weighted by Gasteiger charge is 2.07. The standard InChI is InChI=1S/C25H24N2O2S/c1-17(2)19-9-13-21(14-10-19)29-16-24(28)26-20-11-7-18(8-12-20)15-25-27-22-5-3-4-6-23(22)30-25/h3-14,17H,15-16H2,1-2H3,(H,26,28). The number of rotatable bonds is 7. The Morgan fingerprint density at radius 1 is 1.00 bits per heavy atom. The lowest BCUT2D eigenvalue weighted by Crippen LogP contribution is -2.20. The van der Waals surface area contributed by atoms with Gasteiger partial charge in [-0.1, -0.05) is 50.2 Å². The van der Waals surface area contributed by atoms with Crippen LogP contribution in [0.1, 0.15) is 35.9 Å². The Balaban J connectivity index is 1.29. The number of nitrogens with zero attached hydrogens (tertiary/aromatic N) is 1. The van der Waals surface area contributed by atoms with E-state index in [9.17, 15) is 4.79 Å². The molecule has 0 aliphatic carbocycles. The van der Waals surface area contributed by atoms with Crippen LogP contribution >= 0.6 is 11.3 Å². The van der Waals surface area contributed by atoms with Crippen molar-refractivity contribution in [3.63, 3.8) is 0 Å². The van der Waals surface area contributed by atoms with Gasteiger partial charge in [-0.15, -0.1) is 11.3 Å². The Bertz CT molecular complexity index is 1100. The highest BCUT2D eigenvalue weighted by atomic mass is 32.1. The minimum Gasteiger partial charge on any atom is -0.484 e. The number of aromatic nitrogens is 1. The number of hydrogen-bond acceptors (Lipinski definition) is 4. The maximum absolute atomic E-state index is 12.2. The monoisotopic (exact) mass is 416 g/mol. The molecule has 3 aromatic carbocycles. The van der Waals surface area contributed by atoms with Crippen LogP contribution in [-0.2, 0) is 11.2 Å². The van der Waals surface area contributed by atoms with Crippen LogP contribution in [0.2, 0.25) is 0 Å². The van der Waals surface area contributed by atoms with Crippen LogP contribution < -0.4 is 10.1 Å². The third kappa shape index (κ3) is 5.05. The molecular formula is C25H24N2O2S. The van der Waals surface area contributed by atoms with Gasteiger partial charge in [-0.3, -0.25) is 4.79 Å². The number of amides is 1. The molecule has 0 aliphatic rings. The van der Waals surface area contributed by atoms with E-state index in [4.69, 9.17) is 4.74 Å². The average Bonchev–Trinajstić information content (AvgIpc) is 3.16. The summed E-state index contributed by atoms with van der Waals surface area (Å²) in [6, 6.07) is 23.9. The van der Waals surface area contributed by atoms with E-state index >= 15 is 0 Å². The molecule has 4 rings (SSSR count). The van der Waals surface area contributed by atoms with Gasteiger partial charge in [-0.05, 0) is 53.4 Å². The first kappa shape index (κ1) is 20.1. The molecule has 5 heteroatoms. The number of fused-ring (bicyclic) bond motifs is 1. The number of thiazole rings is 1. The number of carbonyl (C=O) groups excluding carboxylic acids is 1. The summed E-state index contributed by atoms with van der Waals surface area (Å²) in [5.74, 6) is 0.988. The Labute approximate surface area is 180 Å². The predicted molar refractivity (Wildman–Crippen MR) is 124 cm³/mol. The lowest BCUT2D eigenvalue weighted by Gasteiger charge is -2.10. The highest BCUT2D eigenvalue weighted by molar-refractivity contribution is 7.18. The van der Waals surface area contributed by atoms with Crippen LogP contribution in [-0.4, -0.2) is 17.5 Å². The molecule has 152 valence electrons. The van der Waals surface area contributed by atoms with Crippen molar-refractivity contribution in [2.24, 2.45) is 0 Å². The predicted octanol–water partition coefficient (Wildman–Crippen LogP) is 6.03. The maximum Gasteiger partial charge on any atom is 0.262 e. The molecule has 1 aromatic heterocycles. The second-order valence-electron chi connectivity index (χ2n) is 7.51. The topological polar surface area (TPSA) is 51.2 Å². The van der Waals surface area contributed by atoms with E-state index in [0.717, 1.165) is 28.2 Å². The fourth-order valence-corrected chi connectivity index (χ4v) is 4.17. The Kier molecular flexibility index (Phi) is 6.10. The molecule has 0 aliphatic heterocycles. The maximum atomic E-state index is 12.2. The molecule has 1 heterocycles. The van der Waals surface area contributed by atoms with Crippen LogP contribution in [0, 0.1) is 0 Å². The summed E-state index contributed by atoms with van der Waals surface area (Å²) in [5.41, 5.74) is 4.21. The van der Waals surface area contributed by atoms with Gasteiger partial charge in [0, 0.05) is 12.1 Å². The van der Waals surface area contributed by atoms with Gasteiger partial charge in [0.2, 0.25) is 0 Å². The molecule has 4 nitrogen and oxygen atoms in total. The average molecular weight is 417 g/mol. The zero-order chi connectivity index (χ0) is 20.9. The van der Waals surface area contributed by atoms with Crippen molar-refractivity contribution < 1.29 is 9.53 Å². The van der Waals surface area contributed by atoms with Gasteiger partial charge in [0.25, 0.3) is 5.91 Å². The van der Waals surface area contributed by atoms with E-state index in [0.29, 0.717) is 11.7 Å². The molecule has 4 aromatic rings. The van der Waals surface area contributed by atoms with Crippen molar-refractivity contribution in [2.75, 3.05) is 11.9 Å². The first-order valence-corrected chi connectivity index (χ1v) is 10.8. The van der Waals surface area contributed by atoms with Crippen molar-refractivity contribution in [2.45, 2.75) is 26.2 Å². The summed E-state index contributed by atoms with van der Waals surface area (Å²) in [6.45, 7) is 4.27. The molecule has 0 bridgehead atoms. The third-order valence-electron chi connectivity index (χ3n) is 4.85. The number of carbonyl (C=O) groups is 1. The Hall–Kier alpha value is -3.18. The van der Waals surface area contributed by atoms with Crippen molar-refractivity contribution in [1.29, 1.82) is 0 Å². The quantitative estimate of drug-likeness (QED) is 0.400. The summed E-state index contributed by atoms with van der Waals surface area (Å²) in [7, 11) is 0. The van der Waals surface area contributed by atoms with Crippen LogP contribution in [0.3, 0.4) is 0 Å². The first-order valence-electron chi connectivity index (χ1n) is 10.0. The number of hydrogen-bond donors (Lipinski definition) is 1. The molecule has 1 amide bonds. The van der Waals surface area contributed by atoms with Crippen LogP contribution in [0.5, 0.6) is 5.75 Å². The minimum atomic E-state index is -0.179. The lowest BCUT2D eigenvalue weighted by molar-refractivity contribution is -0.118. The molecule has 0 saturated heterocycles. The number of anilines is 1. The number of nitrogens with one attached hydrogen (secondary N) is 1. The second kappa shape index (κ2) is 9.09. The van der Waals surface area contributed by atoms with Gasteiger partial charge in [0.15, 0.2) is 6.61 Å². The Morgan fingerprint density at radius 3 is 2.43 bits per heavy atom. The summed E-state index contributed by atoms with van der Waals surface area (Å²) in [6.07, 6.45) is 0.781. The molecule has 0 fully saturated rings. The van der Waals surface area contributed by atoms with Gasteiger partial charge in [0.05, 0.1) is 15.2 Å². The van der Waals surface area contributed by atoms with Gasteiger partial charge in [0.1, 0.15) is 5.75 Å².